The zero-order chi connectivity index (χ0) is 26.7. The van der Waals surface area contributed by atoms with Crippen LogP contribution in [0.2, 0.25) is 5.02 Å². The Bertz CT molecular complexity index is 1270. The number of fused-ring (bicyclic) bond motifs is 1. The number of nitrogens with zero attached hydrogens (tertiary/aromatic N) is 1. The predicted molar refractivity (Wildman–Crippen MR) is 147 cm³/mol. The highest BCUT2D eigenvalue weighted by Gasteiger charge is 2.36. The fraction of sp³-hybridized carbons (Fsp3) is 0.333. The zero-order valence-electron chi connectivity index (χ0n) is 21.9. The molecule has 0 radical (unpaired) electrons. The van der Waals surface area contributed by atoms with Gasteiger partial charge in [0.2, 0.25) is 11.8 Å². The summed E-state index contributed by atoms with van der Waals surface area (Å²) in [6.45, 7) is 7.53. The van der Waals surface area contributed by atoms with Crippen LogP contribution in [0.25, 0.3) is 0 Å². The number of benzene rings is 3. The van der Waals surface area contributed by atoms with E-state index in [2.05, 4.69) is 12.2 Å². The Kier molecular flexibility index (Phi) is 8.08. The van der Waals surface area contributed by atoms with E-state index in [9.17, 15) is 9.59 Å². The third-order valence-electron chi connectivity index (χ3n) is 6.77. The molecular weight excluding hydrogens is 488 g/mol. The fourth-order valence-corrected chi connectivity index (χ4v) is 4.81. The molecule has 0 saturated carbocycles. The molecule has 0 fully saturated rings. The smallest absolute Gasteiger partial charge is 0.232 e. The van der Waals surface area contributed by atoms with Gasteiger partial charge in [-0.1, -0.05) is 42.8 Å². The second kappa shape index (κ2) is 11.3. The minimum absolute atomic E-state index is 0.0143. The second-order valence-corrected chi connectivity index (χ2v) is 9.88. The molecular formula is C30H33ClN2O4. The third-order valence-corrected chi connectivity index (χ3v) is 7.02. The molecule has 0 bridgehead atoms. The maximum atomic E-state index is 13.7. The lowest BCUT2D eigenvalue weighted by Crippen LogP contribution is -2.41. The molecule has 7 heteroatoms. The Morgan fingerprint density at radius 2 is 1.76 bits per heavy atom. The van der Waals surface area contributed by atoms with E-state index in [1.807, 2.05) is 79.4 Å². The van der Waals surface area contributed by atoms with Crippen molar-refractivity contribution in [1.29, 1.82) is 0 Å². The number of nitrogens with one attached hydrogen (secondary N) is 1. The van der Waals surface area contributed by atoms with Gasteiger partial charge in [-0.3, -0.25) is 9.59 Å². The molecule has 194 valence electrons. The van der Waals surface area contributed by atoms with Gasteiger partial charge in [-0.15, -0.1) is 0 Å². The summed E-state index contributed by atoms with van der Waals surface area (Å²) in [5.41, 5.74) is 4.56. The van der Waals surface area contributed by atoms with Crippen LogP contribution < -0.4 is 19.7 Å². The number of anilines is 1. The lowest BCUT2D eigenvalue weighted by molar-refractivity contribution is -0.120. The van der Waals surface area contributed by atoms with Gasteiger partial charge in [0.05, 0.1) is 31.7 Å². The monoisotopic (exact) mass is 520 g/mol. The van der Waals surface area contributed by atoms with Crippen molar-refractivity contribution in [2.75, 3.05) is 12.0 Å². The Hall–Kier alpha value is -3.51. The van der Waals surface area contributed by atoms with Gasteiger partial charge in [-0.05, 0) is 78.9 Å². The van der Waals surface area contributed by atoms with Crippen LogP contribution in [0.15, 0.2) is 60.7 Å². The topological polar surface area (TPSA) is 67.9 Å². The van der Waals surface area contributed by atoms with Gasteiger partial charge >= 0.3 is 0 Å². The highest BCUT2D eigenvalue weighted by molar-refractivity contribution is 6.30. The lowest BCUT2D eigenvalue weighted by Gasteiger charge is -2.38. The molecule has 3 aromatic rings. The van der Waals surface area contributed by atoms with E-state index in [1.165, 1.54) is 6.92 Å². The minimum Gasteiger partial charge on any atom is -0.493 e. The standard InChI is InChI=1S/C30H33ClN2O4/c1-6-18(2)37-28-17-26-23(15-27(28)36-5)16-29(35)33(30(26)22-7-11-24(31)12-8-22)25-13-9-21(10-14-25)19(3)32-20(4)34/h7-15,17-19,30H,6,16H2,1-5H3,(H,32,34)/t18-,19+,30?/m1/s1. The van der Waals surface area contributed by atoms with Gasteiger partial charge in [0, 0.05) is 17.6 Å². The molecule has 6 nitrogen and oxygen atoms in total. The van der Waals surface area contributed by atoms with Crippen molar-refractivity contribution in [2.45, 2.75) is 58.7 Å². The van der Waals surface area contributed by atoms with Crippen molar-refractivity contribution in [2.24, 2.45) is 0 Å². The number of methoxy groups -OCH3 is 1. The molecule has 3 aromatic carbocycles. The maximum Gasteiger partial charge on any atom is 0.232 e. The van der Waals surface area contributed by atoms with E-state index in [-0.39, 0.29) is 36.4 Å². The number of amides is 2. The minimum atomic E-state index is -0.377. The second-order valence-electron chi connectivity index (χ2n) is 9.45. The van der Waals surface area contributed by atoms with Crippen LogP contribution in [-0.2, 0) is 16.0 Å². The molecule has 1 unspecified atom stereocenters. The Morgan fingerprint density at radius 1 is 1.08 bits per heavy atom. The van der Waals surface area contributed by atoms with Crippen LogP contribution >= 0.6 is 11.6 Å². The number of ether oxygens (including phenoxy) is 2. The normalized spacial score (nSPS) is 16.5. The quantitative estimate of drug-likeness (QED) is 0.373. The van der Waals surface area contributed by atoms with Crippen molar-refractivity contribution in [3.05, 3.63) is 87.9 Å². The molecule has 2 amide bonds. The highest BCUT2D eigenvalue weighted by atomic mass is 35.5. The summed E-state index contributed by atoms with van der Waals surface area (Å²) < 4.78 is 11.8. The Balaban J connectivity index is 1.82. The molecule has 0 aromatic heterocycles. The molecule has 0 aliphatic carbocycles. The van der Waals surface area contributed by atoms with Gasteiger partial charge in [-0.2, -0.15) is 0 Å². The van der Waals surface area contributed by atoms with E-state index in [0.717, 1.165) is 34.4 Å². The number of carbonyl (C=O) groups is 2. The summed E-state index contributed by atoms with van der Waals surface area (Å²) in [4.78, 5) is 27.0. The summed E-state index contributed by atoms with van der Waals surface area (Å²) in [5, 5.41) is 3.53. The number of halogens is 1. The van der Waals surface area contributed by atoms with Gasteiger partial charge in [-0.25, -0.2) is 0 Å². The first-order chi connectivity index (χ1) is 17.7. The molecule has 37 heavy (non-hydrogen) atoms. The predicted octanol–water partition coefficient (Wildman–Crippen LogP) is 6.40. The van der Waals surface area contributed by atoms with Gasteiger partial charge in [0.25, 0.3) is 0 Å². The van der Waals surface area contributed by atoms with Crippen LogP contribution in [-0.4, -0.2) is 25.0 Å². The van der Waals surface area contributed by atoms with Crippen molar-refractivity contribution in [3.8, 4) is 11.5 Å². The van der Waals surface area contributed by atoms with Crippen molar-refractivity contribution in [1.82, 2.24) is 5.32 Å². The fourth-order valence-electron chi connectivity index (χ4n) is 4.69. The molecule has 0 saturated heterocycles. The first-order valence-electron chi connectivity index (χ1n) is 12.5. The first kappa shape index (κ1) is 26.6. The highest BCUT2D eigenvalue weighted by Crippen LogP contribution is 2.44. The molecule has 1 aliphatic heterocycles. The molecule has 1 aliphatic rings. The molecule has 1 heterocycles. The lowest BCUT2D eigenvalue weighted by atomic mass is 9.86. The van der Waals surface area contributed by atoms with Crippen molar-refractivity contribution >= 4 is 29.1 Å². The van der Waals surface area contributed by atoms with Gasteiger partial charge in [0.15, 0.2) is 11.5 Å². The van der Waals surface area contributed by atoms with Crippen LogP contribution in [0.4, 0.5) is 5.69 Å². The largest absolute Gasteiger partial charge is 0.493 e. The van der Waals surface area contributed by atoms with Gasteiger partial charge < -0.3 is 19.7 Å². The molecule has 4 rings (SSSR count). The number of hydrogen-bond donors (Lipinski definition) is 1. The van der Waals surface area contributed by atoms with Crippen LogP contribution in [0.3, 0.4) is 0 Å². The number of hydrogen-bond acceptors (Lipinski definition) is 4. The van der Waals surface area contributed by atoms with E-state index in [1.54, 1.807) is 7.11 Å². The number of rotatable bonds is 8. The van der Waals surface area contributed by atoms with E-state index in [0.29, 0.717) is 16.5 Å². The van der Waals surface area contributed by atoms with Crippen molar-refractivity contribution in [3.63, 3.8) is 0 Å². The third kappa shape index (κ3) is 5.75. The Labute approximate surface area is 223 Å². The van der Waals surface area contributed by atoms with E-state index in [4.69, 9.17) is 21.1 Å². The first-order valence-corrected chi connectivity index (χ1v) is 12.9. The van der Waals surface area contributed by atoms with Crippen LogP contribution in [0.5, 0.6) is 11.5 Å². The summed E-state index contributed by atoms with van der Waals surface area (Å²) in [6.07, 6.45) is 1.11. The average molecular weight is 521 g/mol. The van der Waals surface area contributed by atoms with Gasteiger partial charge in [0.1, 0.15) is 0 Å². The van der Waals surface area contributed by atoms with E-state index < -0.39 is 0 Å². The van der Waals surface area contributed by atoms with Crippen molar-refractivity contribution < 1.29 is 19.1 Å². The molecule has 1 N–H and O–H groups in total. The zero-order valence-corrected chi connectivity index (χ0v) is 22.6. The average Bonchev–Trinajstić information content (AvgIpc) is 2.88. The van der Waals surface area contributed by atoms with Crippen LogP contribution in [0.1, 0.15) is 68.5 Å². The van der Waals surface area contributed by atoms with E-state index >= 15 is 0 Å². The molecule has 3 atom stereocenters. The SMILES string of the molecule is CC[C@@H](C)Oc1cc2c(cc1OC)CC(=O)N(c1ccc([C@H](C)NC(C)=O)cc1)C2c1ccc(Cl)cc1. The summed E-state index contributed by atoms with van der Waals surface area (Å²) in [5.74, 6) is 1.16. The summed E-state index contributed by atoms with van der Waals surface area (Å²) in [6, 6.07) is 18.8. The summed E-state index contributed by atoms with van der Waals surface area (Å²) in [7, 11) is 1.61. The maximum absolute atomic E-state index is 13.7. The van der Waals surface area contributed by atoms with Crippen LogP contribution in [0, 0.1) is 0 Å². The molecule has 0 spiro atoms. The summed E-state index contributed by atoms with van der Waals surface area (Å²) >= 11 is 6.21. The number of carbonyl (C=O) groups excluding carboxylic acids is 2. The Morgan fingerprint density at radius 3 is 2.35 bits per heavy atom.